The van der Waals surface area contributed by atoms with Gasteiger partial charge < -0.3 is 0 Å². The van der Waals surface area contributed by atoms with Gasteiger partial charge in [0.15, 0.2) is 0 Å². The van der Waals surface area contributed by atoms with Gasteiger partial charge in [-0.25, -0.2) is 0 Å². The van der Waals surface area contributed by atoms with Crippen LogP contribution in [0.25, 0.3) is 0 Å². The van der Waals surface area contributed by atoms with Crippen molar-refractivity contribution in [2.45, 2.75) is 51.4 Å². The summed E-state index contributed by atoms with van der Waals surface area (Å²) in [5.74, 6) is 10.3. The Morgan fingerprint density at radius 2 is 0.833 bits per heavy atom. The van der Waals surface area contributed by atoms with Gasteiger partial charge in [-0.05, 0) is 11.8 Å². The molecule has 0 bridgehead atoms. The Morgan fingerprint density at radius 3 is 1.08 bits per heavy atom. The molecule has 12 heavy (non-hydrogen) atoms. The summed E-state index contributed by atoms with van der Waals surface area (Å²) in [6, 6.07) is 0. The van der Waals surface area contributed by atoms with Crippen molar-refractivity contribution in [2.75, 3.05) is 0 Å². The van der Waals surface area contributed by atoms with E-state index in [1.807, 2.05) is 0 Å². The minimum atomic E-state index is 1.16. The molecule has 4 N–H and O–H groups in total. The Morgan fingerprint density at radius 1 is 0.583 bits per heavy atom. The zero-order chi connectivity index (χ0) is 8.81. The van der Waals surface area contributed by atoms with Crippen LogP contribution in [0.1, 0.15) is 51.4 Å². The lowest BCUT2D eigenvalue weighted by Gasteiger charge is -2.16. The van der Waals surface area contributed by atoms with E-state index in [4.69, 9.17) is 0 Å². The molecule has 0 heterocycles. The lowest BCUT2D eigenvalue weighted by Crippen LogP contribution is -2.06. The molecule has 0 atom stereocenters. The second-order valence-corrected chi connectivity index (χ2v) is 4.09. The largest absolute Gasteiger partial charge is 0.274 e. The molecule has 0 amide bonds. The van der Waals surface area contributed by atoms with Gasteiger partial charge in [-0.3, -0.25) is 11.7 Å². The van der Waals surface area contributed by atoms with E-state index in [9.17, 15) is 0 Å². The molecule has 0 aromatic rings. The van der Waals surface area contributed by atoms with Crippen molar-refractivity contribution < 1.29 is 0 Å². The summed E-state index contributed by atoms with van der Waals surface area (Å²) in [5, 5.41) is 0. The molecule has 0 aromatic carbocycles. The van der Waals surface area contributed by atoms with Crippen LogP contribution in [0.3, 0.4) is 0 Å². The molecule has 0 radical (unpaired) electrons. The summed E-state index contributed by atoms with van der Waals surface area (Å²) < 4.78 is 0. The van der Waals surface area contributed by atoms with Crippen molar-refractivity contribution in [3.8, 4) is 0 Å². The molecule has 0 aromatic heterocycles. The Labute approximate surface area is 75.7 Å². The average Bonchev–Trinajstić information content (AvgIpc) is 2.80. The average molecular weight is 170 g/mol. The molecule has 2 rings (SSSR count). The van der Waals surface area contributed by atoms with E-state index in [-0.39, 0.29) is 0 Å². The van der Waals surface area contributed by atoms with Crippen molar-refractivity contribution in [2.24, 2.45) is 23.5 Å². The van der Waals surface area contributed by atoms with Crippen LogP contribution >= 0.6 is 0 Å². The highest BCUT2D eigenvalue weighted by Crippen LogP contribution is 2.39. The third-order valence-corrected chi connectivity index (χ3v) is 3.47. The predicted octanol–water partition coefficient (Wildman–Crippen LogP) is 2.19. The van der Waals surface area contributed by atoms with Crippen molar-refractivity contribution in [1.82, 2.24) is 0 Å². The number of hydrazine groups is 1. The van der Waals surface area contributed by atoms with Crippen LogP contribution < -0.4 is 11.7 Å². The van der Waals surface area contributed by atoms with Crippen LogP contribution in [0.5, 0.6) is 0 Å². The van der Waals surface area contributed by atoms with Crippen molar-refractivity contribution in [3.05, 3.63) is 0 Å². The summed E-state index contributed by atoms with van der Waals surface area (Å²) in [4.78, 5) is 0. The molecular weight excluding hydrogens is 148 g/mol. The summed E-state index contributed by atoms with van der Waals surface area (Å²) >= 11 is 0. The van der Waals surface area contributed by atoms with Gasteiger partial charge in [0.25, 0.3) is 0 Å². The Balaban J connectivity index is 0.000000336. The topological polar surface area (TPSA) is 52.0 Å². The van der Waals surface area contributed by atoms with E-state index in [0.29, 0.717) is 0 Å². The molecule has 0 unspecified atom stereocenters. The molecule has 0 aliphatic heterocycles. The van der Waals surface area contributed by atoms with Crippen LogP contribution in [0.15, 0.2) is 0 Å². The summed E-state index contributed by atoms with van der Waals surface area (Å²) in [6.07, 6.45) is 12.4. The van der Waals surface area contributed by atoms with E-state index in [0.717, 1.165) is 11.8 Å². The lowest BCUT2D eigenvalue weighted by atomic mass is 9.90. The number of hydrogen-bond donors (Lipinski definition) is 2. The number of hydrogen-bond acceptors (Lipinski definition) is 2. The van der Waals surface area contributed by atoms with Crippen LogP contribution in [0, 0.1) is 11.8 Å². The smallest absolute Gasteiger partial charge is 0.0386 e. The maximum atomic E-state index is 4.00. The van der Waals surface area contributed by atoms with Gasteiger partial charge in [0.1, 0.15) is 0 Å². The predicted molar refractivity (Wildman–Crippen MR) is 52.3 cm³/mol. The SMILES string of the molecule is C1CCC(C2CCCC2)C1.NN. The zero-order valence-corrected chi connectivity index (χ0v) is 7.97. The molecule has 2 saturated carbocycles. The molecule has 0 spiro atoms. The quantitative estimate of drug-likeness (QED) is 0.468. The van der Waals surface area contributed by atoms with E-state index >= 15 is 0 Å². The van der Waals surface area contributed by atoms with Gasteiger partial charge in [0.2, 0.25) is 0 Å². The number of rotatable bonds is 1. The van der Waals surface area contributed by atoms with Crippen LogP contribution in [0.2, 0.25) is 0 Å². The minimum absolute atomic E-state index is 1.16. The van der Waals surface area contributed by atoms with Crippen LogP contribution in [0.4, 0.5) is 0 Å². The molecular formula is C10H22N2. The molecule has 2 aliphatic rings. The van der Waals surface area contributed by atoms with Gasteiger partial charge in [-0.2, -0.15) is 0 Å². The van der Waals surface area contributed by atoms with E-state index in [1.54, 1.807) is 25.7 Å². The Hall–Kier alpha value is -0.0800. The van der Waals surface area contributed by atoms with Crippen molar-refractivity contribution >= 4 is 0 Å². The highest BCUT2D eigenvalue weighted by Gasteiger charge is 2.26. The maximum Gasteiger partial charge on any atom is -0.0386 e. The second kappa shape index (κ2) is 5.55. The van der Waals surface area contributed by atoms with Crippen LogP contribution in [-0.2, 0) is 0 Å². The Bertz CT molecular complexity index is 88.4. The third kappa shape index (κ3) is 2.46. The number of nitrogens with two attached hydrogens (primary N) is 2. The maximum absolute atomic E-state index is 4.00. The van der Waals surface area contributed by atoms with E-state index in [2.05, 4.69) is 11.7 Å². The highest BCUT2D eigenvalue weighted by atomic mass is 15.0. The summed E-state index contributed by atoms with van der Waals surface area (Å²) in [5.41, 5.74) is 0. The summed E-state index contributed by atoms with van der Waals surface area (Å²) in [6.45, 7) is 0. The molecule has 2 aliphatic carbocycles. The van der Waals surface area contributed by atoms with Crippen molar-refractivity contribution in [3.63, 3.8) is 0 Å². The molecule has 2 fully saturated rings. The first kappa shape index (κ1) is 10.0. The first-order chi connectivity index (χ1) is 5.97. The fraction of sp³-hybridized carbons (Fsp3) is 1.00. The minimum Gasteiger partial charge on any atom is -0.274 e. The fourth-order valence-electron chi connectivity index (χ4n) is 2.86. The molecule has 72 valence electrons. The third-order valence-electron chi connectivity index (χ3n) is 3.47. The van der Waals surface area contributed by atoms with Crippen molar-refractivity contribution in [1.29, 1.82) is 0 Å². The van der Waals surface area contributed by atoms with Crippen LogP contribution in [-0.4, -0.2) is 0 Å². The van der Waals surface area contributed by atoms with E-state index in [1.165, 1.54) is 25.7 Å². The first-order valence-corrected chi connectivity index (χ1v) is 5.30. The summed E-state index contributed by atoms with van der Waals surface area (Å²) in [7, 11) is 0. The standard InChI is InChI=1S/C10H18.H4N2/c1-2-6-9(5-1)10-7-3-4-8-10;1-2/h9-10H,1-8H2;1-2H2. The van der Waals surface area contributed by atoms with Gasteiger partial charge in [-0.15, -0.1) is 0 Å². The fourth-order valence-corrected chi connectivity index (χ4v) is 2.86. The van der Waals surface area contributed by atoms with Gasteiger partial charge in [-0.1, -0.05) is 51.4 Å². The first-order valence-electron chi connectivity index (χ1n) is 5.30. The van der Waals surface area contributed by atoms with Gasteiger partial charge in [0.05, 0.1) is 0 Å². The lowest BCUT2D eigenvalue weighted by molar-refractivity contribution is 0.347. The monoisotopic (exact) mass is 170 g/mol. The second-order valence-electron chi connectivity index (χ2n) is 4.09. The molecule has 0 saturated heterocycles. The molecule has 2 heteroatoms. The van der Waals surface area contributed by atoms with E-state index < -0.39 is 0 Å². The van der Waals surface area contributed by atoms with Gasteiger partial charge in [0, 0.05) is 0 Å². The van der Waals surface area contributed by atoms with Gasteiger partial charge >= 0.3 is 0 Å². The highest BCUT2D eigenvalue weighted by molar-refractivity contribution is 4.78. The normalized spacial score (nSPS) is 25.5. The zero-order valence-electron chi connectivity index (χ0n) is 7.97. The Kier molecular flexibility index (Phi) is 4.62. The molecule has 2 nitrogen and oxygen atoms in total.